The van der Waals surface area contributed by atoms with E-state index in [1.54, 1.807) is 11.1 Å². The zero-order valence-corrected chi connectivity index (χ0v) is 38.3. The maximum atomic E-state index is 5.15. The Bertz CT molecular complexity index is 4060. The van der Waals surface area contributed by atoms with Crippen LogP contribution >= 0.6 is 0 Å². The number of imidazole rings is 1. The summed E-state index contributed by atoms with van der Waals surface area (Å²) in [5.41, 5.74) is 20.3. The third-order valence-corrected chi connectivity index (χ3v) is 17.4. The van der Waals surface area contributed by atoms with Crippen LogP contribution in [0.4, 0.5) is 0 Å². The third kappa shape index (κ3) is 5.21. The molecule has 0 atom stereocenters. The van der Waals surface area contributed by atoms with E-state index in [4.69, 9.17) is 4.98 Å². The molecule has 0 saturated heterocycles. The van der Waals surface area contributed by atoms with E-state index < -0.39 is 0 Å². The van der Waals surface area contributed by atoms with Crippen LogP contribution in [0.15, 0.2) is 206 Å². The average Bonchev–Trinajstić information content (AvgIpc) is 4.14. The molecule has 5 aliphatic rings. The van der Waals surface area contributed by atoms with Crippen molar-refractivity contribution in [1.82, 2.24) is 18.7 Å². The van der Waals surface area contributed by atoms with E-state index in [2.05, 4.69) is 220 Å². The first-order valence-electron chi connectivity index (χ1n) is 25.1. The summed E-state index contributed by atoms with van der Waals surface area (Å²) >= 11 is 0. The van der Waals surface area contributed by atoms with Crippen LogP contribution in [-0.4, -0.2) is 18.7 Å². The van der Waals surface area contributed by atoms with E-state index in [0.717, 1.165) is 57.5 Å². The Morgan fingerprint density at radius 2 is 0.855 bits per heavy atom. The van der Waals surface area contributed by atoms with E-state index in [0.29, 0.717) is 0 Å². The molecule has 4 saturated carbocycles. The molecule has 4 fully saturated rings. The molecule has 0 radical (unpaired) electrons. The van der Waals surface area contributed by atoms with Gasteiger partial charge in [0.15, 0.2) is 0 Å². The lowest BCUT2D eigenvalue weighted by Crippen LogP contribution is -2.55. The molecule has 0 aliphatic heterocycles. The SMILES string of the molecule is c1ccc(-n2c(-c3ccc(-n4c5ccccc5c5cc(-c6ccc7c(c6)c6ccccc6n7-c6ccc7c(c6)C6(c8ccccc8-7)C7CC8CC(C7)CC6C8)ccc54)cc3)nc3ccccc32)cc1. The average molecular weight is 885 g/mol. The Morgan fingerprint density at radius 1 is 0.348 bits per heavy atom. The minimum Gasteiger partial charge on any atom is -0.309 e. The monoisotopic (exact) mass is 884 g/mol. The highest BCUT2D eigenvalue weighted by Crippen LogP contribution is 2.69. The lowest BCUT2D eigenvalue weighted by Gasteiger charge is -2.61. The molecule has 328 valence electrons. The lowest BCUT2D eigenvalue weighted by atomic mass is 9.43. The van der Waals surface area contributed by atoms with Crippen LogP contribution in [0.5, 0.6) is 0 Å². The fourth-order valence-electron chi connectivity index (χ4n) is 15.0. The Hall–Kier alpha value is -7.95. The number of aromatic nitrogens is 4. The first-order valence-corrected chi connectivity index (χ1v) is 25.1. The highest BCUT2D eigenvalue weighted by atomic mass is 15.1. The van der Waals surface area contributed by atoms with Crippen LogP contribution < -0.4 is 0 Å². The number of hydrogen-bond acceptors (Lipinski definition) is 1. The van der Waals surface area contributed by atoms with Gasteiger partial charge in [-0.1, -0.05) is 109 Å². The smallest absolute Gasteiger partial charge is 0.145 e. The molecule has 4 heteroatoms. The van der Waals surface area contributed by atoms with Gasteiger partial charge in [0.1, 0.15) is 5.82 Å². The fourth-order valence-corrected chi connectivity index (χ4v) is 15.0. The van der Waals surface area contributed by atoms with E-state index >= 15 is 0 Å². The number of fused-ring (bicyclic) bond motifs is 10. The van der Waals surface area contributed by atoms with E-state index in [-0.39, 0.29) is 5.41 Å². The van der Waals surface area contributed by atoms with Gasteiger partial charge in [-0.3, -0.25) is 4.57 Å². The van der Waals surface area contributed by atoms with Crippen molar-refractivity contribution in [2.45, 2.75) is 37.5 Å². The molecule has 0 amide bonds. The third-order valence-electron chi connectivity index (χ3n) is 17.4. The second-order valence-corrected chi connectivity index (χ2v) is 20.8. The summed E-state index contributed by atoms with van der Waals surface area (Å²) < 4.78 is 7.24. The lowest BCUT2D eigenvalue weighted by molar-refractivity contribution is -0.0399. The summed E-state index contributed by atoms with van der Waals surface area (Å²) in [4.78, 5) is 5.15. The molecule has 9 aromatic carbocycles. The van der Waals surface area contributed by atoms with Gasteiger partial charge in [0.05, 0.1) is 33.1 Å². The molecule has 1 spiro atoms. The molecule has 4 bridgehead atoms. The fraction of sp³-hybridized carbons (Fsp3) is 0.154. The van der Waals surface area contributed by atoms with Crippen LogP contribution in [-0.2, 0) is 5.41 Å². The summed E-state index contributed by atoms with van der Waals surface area (Å²) in [6.45, 7) is 0. The number of benzene rings is 9. The Kier molecular flexibility index (Phi) is 7.75. The van der Waals surface area contributed by atoms with Crippen molar-refractivity contribution in [2.75, 3.05) is 0 Å². The van der Waals surface area contributed by atoms with Crippen molar-refractivity contribution >= 4 is 54.6 Å². The van der Waals surface area contributed by atoms with Crippen molar-refractivity contribution in [3.8, 4) is 50.7 Å². The maximum absolute atomic E-state index is 5.15. The van der Waals surface area contributed by atoms with Crippen LogP contribution in [0.1, 0.15) is 43.2 Å². The standard InChI is InChI=1S/C65H48N4/c1-2-12-47(13-3-1)69-63-21-11-8-18-58(63)66-64(69)42-22-26-48(27-23-42)67-59-19-9-5-15-52(59)54-37-43(24-30-61(54)67)44-25-31-62-55(38-44)53-16-6-10-20-60(53)68(62)49-28-29-51-50-14-4-7-17-56(50)65(57(51)39-49)45-33-40-32-41(35-45)36-46(65)34-40/h1-31,37-41,45-46H,32-36H2. The second-order valence-electron chi connectivity index (χ2n) is 20.8. The molecule has 17 rings (SSSR count). The van der Waals surface area contributed by atoms with Crippen molar-refractivity contribution in [3.05, 3.63) is 217 Å². The molecular formula is C65H48N4. The number of nitrogens with zero attached hydrogens (tertiary/aromatic N) is 4. The van der Waals surface area contributed by atoms with Gasteiger partial charge in [0, 0.05) is 49.6 Å². The largest absolute Gasteiger partial charge is 0.309 e. The normalized spacial score (nSPS) is 21.1. The molecule has 12 aromatic rings. The molecular weight excluding hydrogens is 837 g/mol. The summed E-state index contributed by atoms with van der Waals surface area (Å²) in [5, 5.41) is 5.08. The Morgan fingerprint density at radius 3 is 1.54 bits per heavy atom. The summed E-state index contributed by atoms with van der Waals surface area (Å²) in [7, 11) is 0. The zero-order valence-electron chi connectivity index (χ0n) is 38.3. The van der Waals surface area contributed by atoms with Crippen LogP contribution in [0, 0.1) is 23.7 Å². The van der Waals surface area contributed by atoms with Gasteiger partial charge in [-0.15, -0.1) is 0 Å². The minimum absolute atomic E-state index is 0.134. The molecule has 4 nitrogen and oxygen atoms in total. The molecule has 69 heavy (non-hydrogen) atoms. The maximum Gasteiger partial charge on any atom is 0.145 e. The predicted molar refractivity (Wildman–Crippen MR) is 284 cm³/mol. The Labute approximate surface area is 400 Å². The van der Waals surface area contributed by atoms with Crippen LogP contribution in [0.2, 0.25) is 0 Å². The van der Waals surface area contributed by atoms with Gasteiger partial charge in [-0.05, 0) is 186 Å². The molecule has 5 aliphatic carbocycles. The first kappa shape index (κ1) is 38.1. The summed E-state index contributed by atoms with van der Waals surface area (Å²) in [6, 6.07) is 77.0. The molecule has 3 heterocycles. The second kappa shape index (κ2) is 14.1. The van der Waals surface area contributed by atoms with Crippen molar-refractivity contribution in [2.24, 2.45) is 23.7 Å². The van der Waals surface area contributed by atoms with Crippen molar-refractivity contribution < 1.29 is 0 Å². The highest BCUT2D eigenvalue weighted by Gasteiger charge is 2.61. The predicted octanol–water partition coefficient (Wildman–Crippen LogP) is 16.3. The van der Waals surface area contributed by atoms with E-state index in [9.17, 15) is 0 Å². The topological polar surface area (TPSA) is 27.7 Å². The van der Waals surface area contributed by atoms with Crippen molar-refractivity contribution in [1.29, 1.82) is 0 Å². The highest BCUT2D eigenvalue weighted by molar-refractivity contribution is 6.13. The number of hydrogen-bond donors (Lipinski definition) is 0. The first-order chi connectivity index (χ1) is 34.2. The van der Waals surface area contributed by atoms with Gasteiger partial charge < -0.3 is 9.13 Å². The molecule has 0 unspecified atom stereocenters. The van der Waals surface area contributed by atoms with Gasteiger partial charge in [-0.2, -0.15) is 0 Å². The molecule has 0 N–H and O–H groups in total. The quantitative estimate of drug-likeness (QED) is 0.169. The van der Waals surface area contributed by atoms with Crippen LogP contribution in [0.25, 0.3) is 105 Å². The minimum atomic E-state index is 0.134. The van der Waals surface area contributed by atoms with E-state index in [1.165, 1.54) is 104 Å². The summed E-state index contributed by atoms with van der Waals surface area (Å²) in [6.07, 6.45) is 7.04. The van der Waals surface area contributed by atoms with Crippen molar-refractivity contribution in [3.63, 3.8) is 0 Å². The molecule has 3 aromatic heterocycles. The Balaban J connectivity index is 0.802. The van der Waals surface area contributed by atoms with Gasteiger partial charge in [0.2, 0.25) is 0 Å². The van der Waals surface area contributed by atoms with E-state index in [1.807, 2.05) is 0 Å². The zero-order chi connectivity index (χ0) is 45.0. The van der Waals surface area contributed by atoms with Gasteiger partial charge in [-0.25, -0.2) is 4.98 Å². The number of rotatable bonds is 5. The summed E-state index contributed by atoms with van der Waals surface area (Å²) in [5.74, 6) is 4.25. The van der Waals surface area contributed by atoms with Gasteiger partial charge in [0.25, 0.3) is 0 Å². The van der Waals surface area contributed by atoms with Crippen LogP contribution in [0.3, 0.4) is 0 Å². The number of para-hydroxylation sites is 5. The van der Waals surface area contributed by atoms with Gasteiger partial charge >= 0.3 is 0 Å².